The molecule has 0 bridgehead atoms. The van der Waals surface area contributed by atoms with E-state index in [1.165, 1.54) is 11.0 Å². The first kappa shape index (κ1) is 22.1. The fourth-order valence-electron chi connectivity index (χ4n) is 4.06. The lowest BCUT2D eigenvalue weighted by Gasteiger charge is -2.27. The molecular formula is C27H25NO5. The third-order valence-corrected chi connectivity index (χ3v) is 5.57. The quantitative estimate of drug-likeness (QED) is 0.325. The molecule has 0 aliphatic carbocycles. The molecule has 1 fully saturated rings. The number of rotatable bonds is 5. The highest BCUT2D eigenvalue weighted by molar-refractivity contribution is 6.52. The normalized spacial score (nSPS) is 17.6. The van der Waals surface area contributed by atoms with Crippen molar-refractivity contribution < 1.29 is 24.5 Å². The number of para-hydroxylation sites is 2. The summed E-state index contributed by atoms with van der Waals surface area (Å²) >= 11 is 0. The Balaban J connectivity index is 1.90. The van der Waals surface area contributed by atoms with Crippen LogP contribution in [0.25, 0.3) is 5.76 Å². The predicted octanol–water partition coefficient (Wildman–Crippen LogP) is 5.11. The predicted molar refractivity (Wildman–Crippen MR) is 126 cm³/mol. The lowest BCUT2D eigenvalue weighted by atomic mass is 9.92. The maximum Gasteiger partial charge on any atom is 0.300 e. The number of benzene rings is 3. The molecule has 33 heavy (non-hydrogen) atoms. The first-order chi connectivity index (χ1) is 15.8. The molecular weight excluding hydrogens is 418 g/mol. The van der Waals surface area contributed by atoms with Gasteiger partial charge in [0.1, 0.15) is 17.3 Å². The summed E-state index contributed by atoms with van der Waals surface area (Å²) in [5, 5.41) is 21.7. The number of aryl methyl sites for hydroxylation is 1. The maximum atomic E-state index is 13.2. The Morgan fingerprint density at radius 3 is 2.21 bits per heavy atom. The number of phenolic OH excluding ortho intramolecular Hbond substituents is 1. The largest absolute Gasteiger partial charge is 0.507 e. The smallest absolute Gasteiger partial charge is 0.300 e. The summed E-state index contributed by atoms with van der Waals surface area (Å²) in [7, 11) is 0. The Hall–Kier alpha value is -4.06. The zero-order valence-corrected chi connectivity index (χ0v) is 18.6. The van der Waals surface area contributed by atoms with Crippen LogP contribution in [-0.2, 0) is 9.59 Å². The number of carbonyl (C=O) groups is 2. The summed E-state index contributed by atoms with van der Waals surface area (Å²) in [6.07, 6.45) is -0.00521. The van der Waals surface area contributed by atoms with Crippen LogP contribution in [0, 0.1) is 6.92 Å². The molecule has 3 aromatic carbocycles. The fourth-order valence-corrected chi connectivity index (χ4v) is 4.06. The summed E-state index contributed by atoms with van der Waals surface area (Å²) in [5.74, 6) is -1.41. The Kier molecular flexibility index (Phi) is 5.92. The van der Waals surface area contributed by atoms with Gasteiger partial charge in [-0.2, -0.15) is 0 Å². The monoisotopic (exact) mass is 443 g/mol. The molecule has 0 saturated carbocycles. The molecule has 3 aromatic rings. The molecule has 6 heteroatoms. The highest BCUT2D eigenvalue weighted by Gasteiger charge is 2.48. The Morgan fingerprint density at radius 1 is 0.939 bits per heavy atom. The van der Waals surface area contributed by atoms with Crippen LogP contribution >= 0.6 is 0 Å². The second-order valence-corrected chi connectivity index (χ2v) is 8.21. The molecule has 0 radical (unpaired) electrons. The molecule has 1 atom stereocenters. The summed E-state index contributed by atoms with van der Waals surface area (Å²) < 4.78 is 5.65. The number of carbonyl (C=O) groups excluding carboxylic acids is 2. The van der Waals surface area contributed by atoms with E-state index < -0.39 is 17.7 Å². The summed E-state index contributed by atoms with van der Waals surface area (Å²) in [6.45, 7) is 5.70. The lowest BCUT2D eigenvalue weighted by Crippen LogP contribution is -2.29. The number of Topliss-reactive ketones (excluding diaryl/α,β-unsaturated/α-hetero) is 1. The van der Waals surface area contributed by atoms with E-state index in [9.17, 15) is 19.8 Å². The number of hydrogen-bond acceptors (Lipinski definition) is 5. The molecule has 2 N–H and O–H groups in total. The minimum absolute atomic E-state index is 0.00521. The maximum absolute atomic E-state index is 13.2. The molecule has 6 nitrogen and oxygen atoms in total. The van der Waals surface area contributed by atoms with Crippen molar-refractivity contribution in [3.8, 4) is 11.5 Å². The van der Waals surface area contributed by atoms with Crippen LogP contribution in [0.2, 0.25) is 0 Å². The number of anilines is 1. The number of aliphatic hydroxyl groups is 1. The average molecular weight is 443 g/mol. The van der Waals surface area contributed by atoms with Crippen LogP contribution in [-0.4, -0.2) is 28.0 Å². The number of ether oxygens (including phenoxy) is 1. The third kappa shape index (κ3) is 4.07. The van der Waals surface area contributed by atoms with Crippen LogP contribution in [0.3, 0.4) is 0 Å². The van der Waals surface area contributed by atoms with Crippen molar-refractivity contribution in [2.24, 2.45) is 0 Å². The summed E-state index contributed by atoms with van der Waals surface area (Å²) in [6, 6.07) is 19.5. The van der Waals surface area contributed by atoms with Gasteiger partial charge in [-0.25, -0.2) is 0 Å². The van der Waals surface area contributed by atoms with Gasteiger partial charge in [-0.1, -0.05) is 36.4 Å². The number of phenols is 1. The first-order valence-electron chi connectivity index (χ1n) is 10.7. The van der Waals surface area contributed by atoms with Gasteiger partial charge in [0.2, 0.25) is 0 Å². The minimum Gasteiger partial charge on any atom is -0.507 e. The molecule has 1 heterocycles. The lowest BCUT2D eigenvalue weighted by molar-refractivity contribution is -0.132. The number of nitrogens with zero attached hydrogens (tertiary/aromatic N) is 1. The van der Waals surface area contributed by atoms with Crippen LogP contribution in [0.4, 0.5) is 5.69 Å². The zero-order valence-electron chi connectivity index (χ0n) is 18.6. The molecule has 0 spiro atoms. The van der Waals surface area contributed by atoms with Crippen LogP contribution in [0.1, 0.15) is 36.6 Å². The van der Waals surface area contributed by atoms with E-state index in [0.29, 0.717) is 16.9 Å². The van der Waals surface area contributed by atoms with E-state index in [1.807, 2.05) is 45.0 Å². The average Bonchev–Trinajstić information content (AvgIpc) is 3.04. The van der Waals surface area contributed by atoms with Gasteiger partial charge < -0.3 is 14.9 Å². The SMILES string of the molecule is Cc1ccccc1C1/C(=C(\O)c2ccc(OC(C)C)cc2)C(=O)C(=O)N1c1ccccc1O. The standard InChI is InChI=1S/C27H25NO5/c1-16(2)33-19-14-12-18(13-15-19)25(30)23-24(20-9-5-4-8-17(20)3)28(27(32)26(23)31)21-10-6-7-11-22(21)29/h4-16,24,29-30H,1-3H3/b25-23+. The topological polar surface area (TPSA) is 87.1 Å². The van der Waals surface area contributed by atoms with Gasteiger partial charge in [-0.3, -0.25) is 14.5 Å². The van der Waals surface area contributed by atoms with Crippen molar-refractivity contribution >= 4 is 23.1 Å². The van der Waals surface area contributed by atoms with Crippen molar-refractivity contribution in [3.63, 3.8) is 0 Å². The second kappa shape index (κ2) is 8.82. The van der Waals surface area contributed by atoms with Gasteiger partial charge in [0.15, 0.2) is 0 Å². The van der Waals surface area contributed by atoms with E-state index in [1.54, 1.807) is 42.5 Å². The number of aromatic hydroxyl groups is 1. The molecule has 1 saturated heterocycles. The van der Waals surface area contributed by atoms with Gasteiger partial charge in [-0.15, -0.1) is 0 Å². The number of aliphatic hydroxyl groups excluding tert-OH is 1. The number of amides is 1. The van der Waals surface area contributed by atoms with E-state index >= 15 is 0 Å². The van der Waals surface area contributed by atoms with Gasteiger partial charge in [0.25, 0.3) is 11.7 Å². The third-order valence-electron chi connectivity index (χ3n) is 5.57. The molecule has 1 aliphatic rings. The van der Waals surface area contributed by atoms with Crippen molar-refractivity contribution in [1.82, 2.24) is 0 Å². The van der Waals surface area contributed by atoms with Gasteiger partial charge >= 0.3 is 0 Å². The number of ketones is 1. The van der Waals surface area contributed by atoms with Gasteiger partial charge in [0.05, 0.1) is 23.4 Å². The van der Waals surface area contributed by atoms with Crippen molar-refractivity contribution in [2.75, 3.05) is 4.90 Å². The molecule has 1 unspecified atom stereocenters. The minimum atomic E-state index is -0.897. The Morgan fingerprint density at radius 2 is 1.58 bits per heavy atom. The molecule has 168 valence electrons. The Labute approximate surface area is 192 Å². The highest BCUT2D eigenvalue weighted by Crippen LogP contribution is 2.45. The molecule has 4 rings (SSSR count). The van der Waals surface area contributed by atoms with Crippen molar-refractivity contribution in [3.05, 3.63) is 95.1 Å². The van der Waals surface area contributed by atoms with Gasteiger partial charge in [-0.05, 0) is 68.3 Å². The fraction of sp³-hybridized carbons (Fsp3) is 0.185. The molecule has 1 aliphatic heterocycles. The van der Waals surface area contributed by atoms with Crippen molar-refractivity contribution in [1.29, 1.82) is 0 Å². The summed E-state index contributed by atoms with van der Waals surface area (Å²) in [5.41, 5.74) is 2.08. The van der Waals surface area contributed by atoms with Crippen LogP contribution in [0.5, 0.6) is 11.5 Å². The molecule has 0 aromatic heterocycles. The molecule has 1 amide bonds. The Bertz CT molecular complexity index is 1240. The highest BCUT2D eigenvalue weighted by atomic mass is 16.5. The van der Waals surface area contributed by atoms with Crippen LogP contribution in [0.15, 0.2) is 78.4 Å². The van der Waals surface area contributed by atoms with Crippen LogP contribution < -0.4 is 9.64 Å². The van der Waals surface area contributed by atoms with Crippen molar-refractivity contribution in [2.45, 2.75) is 32.9 Å². The zero-order chi connectivity index (χ0) is 23.7. The number of hydrogen-bond donors (Lipinski definition) is 2. The van der Waals surface area contributed by atoms with E-state index in [0.717, 1.165) is 5.56 Å². The van der Waals surface area contributed by atoms with Gasteiger partial charge in [0, 0.05) is 5.56 Å². The summed E-state index contributed by atoms with van der Waals surface area (Å²) in [4.78, 5) is 27.6. The van der Waals surface area contributed by atoms with E-state index in [-0.39, 0.29) is 28.9 Å². The van der Waals surface area contributed by atoms with E-state index in [4.69, 9.17) is 4.74 Å². The van der Waals surface area contributed by atoms with E-state index in [2.05, 4.69) is 0 Å². The first-order valence-corrected chi connectivity index (χ1v) is 10.7. The second-order valence-electron chi connectivity index (χ2n) is 8.21.